The Morgan fingerprint density at radius 2 is 2.22 bits per heavy atom. The maximum atomic E-state index is 12.6. The summed E-state index contributed by atoms with van der Waals surface area (Å²) in [6, 6.07) is 5.59. The summed E-state index contributed by atoms with van der Waals surface area (Å²) in [5.41, 5.74) is 1.63. The van der Waals surface area contributed by atoms with Crippen LogP contribution in [0.1, 0.15) is 12.6 Å². The molecule has 1 saturated heterocycles. The standard InChI is InChI=1S/C18H25N7O2/c1-4-19-18(20-10-14-6-5-7-16(22-14)27-3)24-8-9-25(17(26)13-24)15-11-21-23(2)12-15/h5-7,11-12H,4,8-10,13H2,1-3H3,(H,19,20). The number of amides is 1. The van der Waals surface area contributed by atoms with Gasteiger partial charge < -0.3 is 19.9 Å². The van der Waals surface area contributed by atoms with Crippen LogP contribution >= 0.6 is 0 Å². The fraction of sp³-hybridized carbons (Fsp3) is 0.444. The first-order valence-corrected chi connectivity index (χ1v) is 8.93. The van der Waals surface area contributed by atoms with E-state index in [4.69, 9.17) is 4.74 Å². The van der Waals surface area contributed by atoms with Crippen molar-refractivity contribution in [3.8, 4) is 5.88 Å². The van der Waals surface area contributed by atoms with Gasteiger partial charge in [0.05, 0.1) is 31.2 Å². The molecule has 9 nitrogen and oxygen atoms in total. The van der Waals surface area contributed by atoms with Crippen molar-refractivity contribution < 1.29 is 9.53 Å². The number of hydrogen-bond acceptors (Lipinski definition) is 5. The second-order valence-corrected chi connectivity index (χ2v) is 6.18. The highest BCUT2D eigenvalue weighted by molar-refractivity contribution is 5.98. The minimum absolute atomic E-state index is 0.0272. The molecule has 0 aromatic carbocycles. The Morgan fingerprint density at radius 1 is 1.37 bits per heavy atom. The van der Waals surface area contributed by atoms with Crippen LogP contribution in [0.5, 0.6) is 5.88 Å². The number of carbonyl (C=O) groups excluding carboxylic acids is 1. The number of guanidine groups is 1. The molecule has 2 aromatic rings. The third-order valence-electron chi connectivity index (χ3n) is 4.24. The third kappa shape index (κ3) is 4.55. The fourth-order valence-electron chi connectivity index (χ4n) is 2.92. The van der Waals surface area contributed by atoms with Crippen molar-refractivity contribution in [2.24, 2.45) is 12.0 Å². The highest BCUT2D eigenvalue weighted by Gasteiger charge is 2.27. The van der Waals surface area contributed by atoms with Crippen LogP contribution in [0, 0.1) is 0 Å². The van der Waals surface area contributed by atoms with Crippen LogP contribution in [0.25, 0.3) is 0 Å². The fourth-order valence-corrected chi connectivity index (χ4v) is 2.92. The van der Waals surface area contributed by atoms with Crippen LogP contribution in [-0.4, -0.2) is 64.8 Å². The zero-order chi connectivity index (χ0) is 19.2. The first-order chi connectivity index (χ1) is 13.1. The molecule has 0 bridgehead atoms. The first kappa shape index (κ1) is 18.7. The zero-order valence-corrected chi connectivity index (χ0v) is 15.9. The van der Waals surface area contributed by atoms with E-state index in [1.54, 1.807) is 29.0 Å². The van der Waals surface area contributed by atoms with Crippen LogP contribution in [-0.2, 0) is 18.4 Å². The van der Waals surface area contributed by atoms with Gasteiger partial charge >= 0.3 is 0 Å². The van der Waals surface area contributed by atoms with E-state index in [2.05, 4.69) is 20.4 Å². The number of nitrogens with zero attached hydrogens (tertiary/aromatic N) is 6. The van der Waals surface area contributed by atoms with Crippen molar-refractivity contribution in [3.05, 3.63) is 36.3 Å². The SMILES string of the molecule is CCNC(=NCc1cccc(OC)n1)N1CCN(c2cnn(C)c2)C(=O)C1. The molecule has 144 valence electrons. The lowest BCUT2D eigenvalue weighted by atomic mass is 10.3. The lowest BCUT2D eigenvalue weighted by Gasteiger charge is -2.35. The highest BCUT2D eigenvalue weighted by Crippen LogP contribution is 2.16. The van der Waals surface area contributed by atoms with Crippen molar-refractivity contribution in [2.45, 2.75) is 13.5 Å². The Balaban J connectivity index is 1.69. The van der Waals surface area contributed by atoms with E-state index >= 15 is 0 Å². The number of piperazine rings is 1. The molecule has 0 spiro atoms. The molecule has 3 rings (SSSR count). The van der Waals surface area contributed by atoms with Gasteiger partial charge in [0.1, 0.15) is 6.54 Å². The molecule has 27 heavy (non-hydrogen) atoms. The van der Waals surface area contributed by atoms with Crippen LogP contribution < -0.4 is 15.0 Å². The van der Waals surface area contributed by atoms with Gasteiger partial charge in [0.2, 0.25) is 11.8 Å². The molecule has 1 aliphatic heterocycles. The molecular formula is C18H25N7O2. The van der Waals surface area contributed by atoms with Crippen molar-refractivity contribution >= 4 is 17.6 Å². The van der Waals surface area contributed by atoms with Gasteiger partial charge in [-0.1, -0.05) is 6.07 Å². The molecule has 0 unspecified atom stereocenters. The molecule has 1 aliphatic rings. The number of carbonyl (C=O) groups is 1. The average Bonchev–Trinajstić information content (AvgIpc) is 3.11. The van der Waals surface area contributed by atoms with Crippen molar-refractivity contribution in [2.75, 3.05) is 38.2 Å². The van der Waals surface area contributed by atoms with E-state index in [0.29, 0.717) is 31.5 Å². The molecule has 1 amide bonds. The average molecular weight is 371 g/mol. The second kappa shape index (κ2) is 8.52. The number of hydrogen-bond donors (Lipinski definition) is 1. The summed E-state index contributed by atoms with van der Waals surface area (Å²) < 4.78 is 6.85. The van der Waals surface area contributed by atoms with Crippen LogP contribution in [0.3, 0.4) is 0 Å². The number of aryl methyl sites for hydroxylation is 1. The number of methoxy groups -OCH3 is 1. The van der Waals surface area contributed by atoms with E-state index in [1.165, 1.54) is 0 Å². The minimum Gasteiger partial charge on any atom is -0.481 e. The highest BCUT2D eigenvalue weighted by atomic mass is 16.5. The monoisotopic (exact) mass is 371 g/mol. The molecule has 3 heterocycles. The van der Waals surface area contributed by atoms with Crippen molar-refractivity contribution in [3.63, 3.8) is 0 Å². The molecule has 0 atom stereocenters. The van der Waals surface area contributed by atoms with E-state index in [0.717, 1.165) is 17.9 Å². The van der Waals surface area contributed by atoms with Crippen molar-refractivity contribution in [1.29, 1.82) is 0 Å². The number of aromatic nitrogens is 3. The molecule has 0 aliphatic carbocycles. The minimum atomic E-state index is 0.0272. The molecule has 2 aromatic heterocycles. The van der Waals surface area contributed by atoms with Crippen LogP contribution in [0.2, 0.25) is 0 Å². The lowest BCUT2D eigenvalue weighted by Crippen LogP contribution is -2.55. The second-order valence-electron chi connectivity index (χ2n) is 6.18. The summed E-state index contributed by atoms with van der Waals surface area (Å²) in [7, 11) is 3.43. The Labute approximate surface area is 158 Å². The number of aliphatic imine (C=N–C) groups is 1. The Bertz CT molecular complexity index is 818. The quantitative estimate of drug-likeness (QED) is 0.613. The van der Waals surface area contributed by atoms with Crippen molar-refractivity contribution in [1.82, 2.24) is 25.0 Å². The first-order valence-electron chi connectivity index (χ1n) is 8.93. The maximum Gasteiger partial charge on any atom is 0.246 e. The lowest BCUT2D eigenvalue weighted by molar-refractivity contribution is -0.120. The summed E-state index contributed by atoms with van der Waals surface area (Å²) in [6.45, 7) is 4.70. The molecular weight excluding hydrogens is 346 g/mol. The molecule has 1 N–H and O–H groups in total. The Hall–Kier alpha value is -3.10. The van der Waals surface area contributed by atoms with Gasteiger partial charge in [-0.2, -0.15) is 5.10 Å². The van der Waals surface area contributed by atoms with Crippen LogP contribution in [0.15, 0.2) is 35.6 Å². The topological polar surface area (TPSA) is 87.9 Å². The smallest absolute Gasteiger partial charge is 0.246 e. The predicted octanol–water partition coefficient (Wildman–Crippen LogP) is 0.638. The van der Waals surface area contributed by atoms with Gasteiger partial charge in [0, 0.05) is 38.9 Å². The summed E-state index contributed by atoms with van der Waals surface area (Å²) in [4.78, 5) is 25.4. The Kier molecular flexibility index (Phi) is 5.90. The summed E-state index contributed by atoms with van der Waals surface area (Å²) in [6.07, 6.45) is 3.56. The molecule has 0 radical (unpaired) electrons. The van der Waals surface area contributed by atoms with Gasteiger partial charge in [-0.3, -0.25) is 9.48 Å². The number of nitrogens with one attached hydrogen (secondary N) is 1. The molecule has 9 heteroatoms. The maximum absolute atomic E-state index is 12.6. The van der Waals surface area contributed by atoms with Gasteiger partial charge in [-0.05, 0) is 13.0 Å². The Morgan fingerprint density at radius 3 is 2.89 bits per heavy atom. The van der Waals surface area contributed by atoms with Gasteiger partial charge in [0.15, 0.2) is 5.96 Å². The largest absolute Gasteiger partial charge is 0.481 e. The molecule has 1 fully saturated rings. The predicted molar refractivity (Wildman–Crippen MR) is 103 cm³/mol. The normalized spacial score (nSPS) is 15.2. The molecule has 0 saturated carbocycles. The van der Waals surface area contributed by atoms with Gasteiger partial charge in [0.25, 0.3) is 0 Å². The van der Waals surface area contributed by atoms with Crippen LogP contribution in [0.4, 0.5) is 5.69 Å². The summed E-state index contributed by atoms with van der Waals surface area (Å²) >= 11 is 0. The zero-order valence-electron chi connectivity index (χ0n) is 15.9. The summed E-state index contributed by atoms with van der Waals surface area (Å²) in [5, 5.41) is 7.40. The van der Waals surface area contributed by atoms with Gasteiger partial charge in [-0.15, -0.1) is 0 Å². The summed E-state index contributed by atoms with van der Waals surface area (Å²) in [5.74, 6) is 1.30. The number of rotatable bonds is 5. The number of anilines is 1. The van der Waals surface area contributed by atoms with E-state index in [-0.39, 0.29) is 12.5 Å². The van der Waals surface area contributed by atoms with E-state index in [9.17, 15) is 4.79 Å². The third-order valence-corrected chi connectivity index (χ3v) is 4.24. The van der Waals surface area contributed by atoms with Gasteiger partial charge in [-0.25, -0.2) is 9.98 Å². The number of ether oxygens (including phenoxy) is 1. The number of pyridine rings is 1. The van der Waals surface area contributed by atoms with E-state index in [1.807, 2.05) is 37.2 Å². The van der Waals surface area contributed by atoms with E-state index < -0.39 is 0 Å².